The molecule has 0 aromatic heterocycles. The summed E-state index contributed by atoms with van der Waals surface area (Å²) < 4.78 is 46.1. The van der Waals surface area contributed by atoms with Gasteiger partial charge in [0.25, 0.3) is 0 Å². The number of piperidine rings is 1. The van der Waals surface area contributed by atoms with Gasteiger partial charge in [-0.1, -0.05) is 30.3 Å². The molecular formula is C26H33F3N4O3. The average molecular weight is 507 g/mol. The minimum atomic E-state index is -4.93. The second-order valence-electron chi connectivity index (χ2n) is 11.1. The fraction of sp³-hybridized carbons (Fsp3) is 0.654. The molecule has 3 aliphatic rings. The highest BCUT2D eigenvalue weighted by molar-refractivity contribution is 5.83. The van der Waals surface area contributed by atoms with Crippen LogP contribution in [0.5, 0.6) is 0 Å². The van der Waals surface area contributed by atoms with Gasteiger partial charge in [0.15, 0.2) is 0 Å². The molecule has 1 aromatic carbocycles. The Labute approximate surface area is 209 Å². The lowest BCUT2D eigenvalue weighted by Gasteiger charge is -2.56. The lowest BCUT2D eigenvalue weighted by atomic mass is 9.83. The summed E-state index contributed by atoms with van der Waals surface area (Å²) in [5, 5.41) is 9.44. The number of benzene rings is 1. The Balaban J connectivity index is 1.42. The van der Waals surface area contributed by atoms with Crippen molar-refractivity contribution in [3.8, 4) is 6.07 Å². The molecule has 0 N–H and O–H groups in total. The Kier molecular flexibility index (Phi) is 6.99. The molecule has 2 heterocycles. The fourth-order valence-electron chi connectivity index (χ4n) is 5.59. The number of carbonyl (C=O) groups is 2. The number of hydrogen-bond acceptors (Lipinski definition) is 5. The fourth-order valence-corrected chi connectivity index (χ4v) is 5.59. The van der Waals surface area contributed by atoms with E-state index in [1.807, 2.05) is 30.3 Å². The predicted octanol–water partition coefficient (Wildman–Crippen LogP) is 4.30. The number of halogens is 3. The summed E-state index contributed by atoms with van der Waals surface area (Å²) >= 11 is 0. The summed E-state index contributed by atoms with van der Waals surface area (Å²) in [6.45, 7) is 6.95. The van der Waals surface area contributed by atoms with E-state index in [0.717, 1.165) is 10.5 Å². The van der Waals surface area contributed by atoms with Gasteiger partial charge in [-0.2, -0.15) is 18.4 Å². The predicted molar refractivity (Wildman–Crippen MR) is 126 cm³/mol. The molecular weight excluding hydrogens is 473 g/mol. The quantitative estimate of drug-likeness (QED) is 0.595. The van der Waals surface area contributed by atoms with Crippen LogP contribution in [0.15, 0.2) is 30.3 Å². The topological polar surface area (TPSA) is 76.9 Å². The Morgan fingerprint density at radius 2 is 1.75 bits per heavy atom. The zero-order valence-electron chi connectivity index (χ0n) is 20.9. The third kappa shape index (κ3) is 5.46. The first-order valence-corrected chi connectivity index (χ1v) is 12.4. The third-order valence-corrected chi connectivity index (χ3v) is 7.38. The highest BCUT2D eigenvalue weighted by Gasteiger charge is 2.56. The van der Waals surface area contributed by atoms with Crippen LogP contribution in [0.1, 0.15) is 57.9 Å². The smallest absolute Gasteiger partial charge is 0.444 e. The Morgan fingerprint density at radius 3 is 2.28 bits per heavy atom. The molecule has 2 aliphatic heterocycles. The van der Waals surface area contributed by atoms with E-state index in [-0.39, 0.29) is 12.3 Å². The first-order valence-electron chi connectivity index (χ1n) is 12.4. The highest BCUT2D eigenvalue weighted by Crippen LogP contribution is 2.48. The lowest BCUT2D eigenvalue weighted by Crippen LogP contribution is -2.72. The van der Waals surface area contributed by atoms with Crippen molar-refractivity contribution >= 4 is 12.0 Å². The van der Waals surface area contributed by atoms with Gasteiger partial charge in [-0.05, 0) is 45.6 Å². The molecule has 7 nitrogen and oxygen atoms in total. The molecule has 0 spiro atoms. The van der Waals surface area contributed by atoms with Gasteiger partial charge in [-0.15, -0.1) is 0 Å². The number of ether oxygens (including phenoxy) is 1. The maximum absolute atomic E-state index is 13.6. The van der Waals surface area contributed by atoms with Crippen LogP contribution in [-0.4, -0.2) is 82.3 Å². The summed E-state index contributed by atoms with van der Waals surface area (Å²) in [5.41, 5.74) is -0.219. The minimum absolute atomic E-state index is 0.0884. The molecule has 2 amide bonds. The van der Waals surface area contributed by atoms with E-state index in [1.165, 1.54) is 0 Å². The zero-order valence-corrected chi connectivity index (χ0v) is 20.9. The third-order valence-electron chi connectivity index (χ3n) is 7.38. The van der Waals surface area contributed by atoms with Crippen molar-refractivity contribution in [1.29, 1.82) is 5.26 Å². The summed E-state index contributed by atoms with van der Waals surface area (Å²) in [6.07, 6.45) is -3.85. The van der Waals surface area contributed by atoms with Crippen molar-refractivity contribution in [2.24, 2.45) is 0 Å². The van der Waals surface area contributed by atoms with Crippen molar-refractivity contribution in [3.63, 3.8) is 0 Å². The van der Waals surface area contributed by atoms with E-state index in [0.29, 0.717) is 45.4 Å². The molecule has 0 radical (unpaired) electrons. The van der Waals surface area contributed by atoms with Crippen molar-refractivity contribution in [3.05, 3.63) is 35.9 Å². The molecule has 3 fully saturated rings. The Morgan fingerprint density at radius 1 is 1.14 bits per heavy atom. The largest absolute Gasteiger partial charge is 0.471 e. The van der Waals surface area contributed by atoms with Gasteiger partial charge >= 0.3 is 18.2 Å². The molecule has 10 heteroatoms. The van der Waals surface area contributed by atoms with Crippen LogP contribution in [0.3, 0.4) is 0 Å². The van der Waals surface area contributed by atoms with E-state index < -0.39 is 41.4 Å². The highest BCUT2D eigenvalue weighted by atomic mass is 19.4. The molecule has 1 aliphatic carbocycles. The molecule has 196 valence electrons. The van der Waals surface area contributed by atoms with Crippen molar-refractivity contribution in [2.45, 2.75) is 81.8 Å². The Hall–Kier alpha value is -2.80. The number of amides is 2. The van der Waals surface area contributed by atoms with Gasteiger partial charge in [0.05, 0.1) is 18.0 Å². The zero-order chi connectivity index (χ0) is 26.3. The van der Waals surface area contributed by atoms with Gasteiger partial charge < -0.3 is 14.5 Å². The van der Waals surface area contributed by atoms with E-state index in [2.05, 4.69) is 11.0 Å². The molecule has 1 unspecified atom stereocenters. The molecule has 2 atom stereocenters. The van der Waals surface area contributed by atoms with E-state index in [4.69, 9.17) is 4.74 Å². The number of nitrogens with zero attached hydrogens (tertiary/aromatic N) is 4. The number of hydrogen-bond donors (Lipinski definition) is 0. The second-order valence-corrected chi connectivity index (χ2v) is 11.1. The van der Waals surface area contributed by atoms with Crippen LogP contribution in [-0.2, 0) is 9.53 Å². The maximum atomic E-state index is 13.6. The number of likely N-dealkylation sites (tertiary alicyclic amines) is 2. The lowest BCUT2D eigenvalue weighted by molar-refractivity contribution is -0.190. The SMILES string of the molecule is CC(C)(C)OC(=O)N1CC(CC#N)(N2CCC(N(C(=O)C(F)(F)F)[C@@H]3CC3c3ccccc3)CC2)C1. The minimum Gasteiger partial charge on any atom is -0.444 e. The number of alkyl halides is 3. The van der Waals surface area contributed by atoms with Crippen LogP contribution in [0.25, 0.3) is 0 Å². The van der Waals surface area contributed by atoms with Crippen LogP contribution in [0, 0.1) is 11.3 Å². The van der Waals surface area contributed by atoms with Gasteiger partial charge in [0.2, 0.25) is 0 Å². The molecule has 36 heavy (non-hydrogen) atoms. The van der Waals surface area contributed by atoms with E-state index in [9.17, 15) is 28.0 Å². The maximum Gasteiger partial charge on any atom is 0.471 e. The standard InChI is InChI=1S/C26H33F3N4O3/c1-24(2,3)36-23(35)31-16-25(17-31,11-12-30)32-13-9-19(10-14-32)33(22(34)26(27,28)29)21-15-20(21)18-7-5-4-6-8-18/h4-8,19-21H,9-11,13-17H2,1-3H3/t20?,21-/m1/s1. The van der Waals surface area contributed by atoms with Crippen LogP contribution in [0.4, 0.5) is 18.0 Å². The second kappa shape index (κ2) is 9.58. The molecule has 2 saturated heterocycles. The molecule has 1 saturated carbocycles. The number of nitriles is 1. The summed E-state index contributed by atoms with van der Waals surface area (Å²) in [6, 6.07) is 10.6. The normalized spacial score (nSPS) is 24.4. The van der Waals surface area contributed by atoms with Gasteiger partial charge in [-0.25, -0.2) is 4.79 Å². The van der Waals surface area contributed by atoms with Gasteiger partial charge in [-0.3, -0.25) is 9.69 Å². The van der Waals surface area contributed by atoms with Crippen molar-refractivity contribution in [1.82, 2.24) is 14.7 Å². The first kappa shape index (κ1) is 26.3. The Bertz CT molecular complexity index is 1000. The number of rotatable bonds is 5. The van der Waals surface area contributed by atoms with E-state index in [1.54, 1.807) is 25.7 Å². The summed E-state index contributed by atoms with van der Waals surface area (Å²) in [4.78, 5) is 29.6. The van der Waals surface area contributed by atoms with Gasteiger partial charge in [0.1, 0.15) is 5.60 Å². The van der Waals surface area contributed by atoms with Gasteiger partial charge in [0, 0.05) is 44.2 Å². The molecule has 1 aromatic rings. The van der Waals surface area contributed by atoms with Crippen LogP contribution < -0.4 is 0 Å². The monoisotopic (exact) mass is 506 g/mol. The summed E-state index contributed by atoms with van der Waals surface area (Å²) in [5.74, 6) is -1.86. The van der Waals surface area contributed by atoms with Crippen molar-refractivity contribution < 1.29 is 27.5 Å². The first-order chi connectivity index (χ1) is 16.8. The average Bonchev–Trinajstić information content (AvgIpc) is 3.56. The van der Waals surface area contributed by atoms with Crippen LogP contribution in [0.2, 0.25) is 0 Å². The molecule has 4 rings (SSSR count). The van der Waals surface area contributed by atoms with Crippen molar-refractivity contribution in [2.75, 3.05) is 26.2 Å². The summed E-state index contributed by atoms with van der Waals surface area (Å²) in [7, 11) is 0. The number of carbonyl (C=O) groups excluding carboxylic acids is 2. The van der Waals surface area contributed by atoms with Crippen LogP contribution >= 0.6 is 0 Å². The molecule has 0 bridgehead atoms. The van der Waals surface area contributed by atoms with E-state index >= 15 is 0 Å².